The number of nitrogens with two attached hydrogens (primary N) is 3. The van der Waals surface area contributed by atoms with Gasteiger partial charge >= 0.3 is 23.9 Å². The van der Waals surface area contributed by atoms with Crippen LogP contribution in [0.3, 0.4) is 0 Å². The lowest BCUT2D eigenvalue weighted by Gasteiger charge is -2.33. The predicted molar refractivity (Wildman–Crippen MR) is 530 cm³/mol. The van der Waals surface area contributed by atoms with E-state index in [0.717, 1.165) is 30.4 Å². The highest BCUT2D eigenvalue weighted by Gasteiger charge is 2.47. The molecule has 0 radical (unpaired) electrons. The summed E-state index contributed by atoms with van der Waals surface area (Å²) in [6.45, 7) is 4.17. The minimum Gasteiger partial charge on any atom is -0.508 e. The molecule has 6 bridgehead atoms. The molecule has 4 aromatic rings. The van der Waals surface area contributed by atoms with Gasteiger partial charge in [-0.05, 0) is 71.7 Å². The molecule has 1 unspecified atom stereocenters. The molecular weight excluding hydrogens is 2000 g/mol. The number of amides is 19. The number of phenolic OH excluding ortho intramolecular Hbond substituents is 1. The molecule has 806 valence electrons. The van der Waals surface area contributed by atoms with E-state index in [1.807, 2.05) is 0 Å². The van der Waals surface area contributed by atoms with Crippen molar-refractivity contribution in [3.8, 4) is 5.75 Å². The number of ether oxygens (including phenoxy) is 3. The Labute approximate surface area is 861 Å². The van der Waals surface area contributed by atoms with E-state index in [1.165, 1.54) is 103 Å². The molecule has 4 aromatic carbocycles. The summed E-state index contributed by atoms with van der Waals surface area (Å²) < 4.78 is 18.1. The Morgan fingerprint density at radius 1 is 0.432 bits per heavy atom. The molecule has 4 fully saturated rings. The average Bonchev–Trinajstić information content (AvgIpc) is 1.34. The number of thioether (sulfide) groups is 3. The number of nitrogens with one attached hydrogen (secondary N) is 14. The standard InChI is InChI=1S/C94H126N20O31S3/c1-49(95)79(127)108-67-44-147-47-71(118)113-26-32-143-30-24-112-25-31-144-34-28-114(29-35-145-33-27-113)72(119)48-148-45-68-90(138)104-62(39-57(93(141)142)76(91(139)109-68)110-87(135)61(38-54-16-11-15-53-14-9-10-17-56(53)54)103-81(129)58(22-23-73(120)121)99-85(133)63(40-69(96)116)100-80(128)50(2)98-89(67)137)84(132)105-64(41-74(122)123)86(134)102-59(36-51-12-7-6-8-13-51)82(130)101-60(37-52-18-20-55(115)21-19-52)83(131)106-65(42-75(124)125)88(136)111-77(94(3,4)5)92(140)107-66(78(97)126)43-146-46-70(112)117/h6-21,49-50,57-68,76-77,115H,22-48,95H2,1-5H3,(H2,96,116)(H2,97,126)(H,98,137)(H,99,133)(H,100,128)(H,101,130)(H,102,134)(H,103,129)(H,104,138)(H,105,132)(H,106,131)(H,107,140)(H,108,127)(H,109,139)(H,110,135)(H,111,136)(H,120,121)(H,122,123)(H,124,125)(H,141,142)/t49-,50+,57?,58-,59-,60-,61-,62-,63-,64-,65-,66-,67-,68-,76+,77+/m0/s1. The Morgan fingerprint density at radius 2 is 0.858 bits per heavy atom. The highest BCUT2D eigenvalue weighted by Crippen LogP contribution is 2.26. The number of benzene rings is 4. The number of carboxylic acid groups (broad SMARTS) is 4. The lowest BCUT2D eigenvalue weighted by atomic mass is 9.85. The van der Waals surface area contributed by atoms with Gasteiger partial charge in [0.1, 0.15) is 90.3 Å². The van der Waals surface area contributed by atoms with Gasteiger partial charge in [0.25, 0.3) is 0 Å². The van der Waals surface area contributed by atoms with Gasteiger partial charge in [-0.1, -0.05) is 106 Å². The van der Waals surface area contributed by atoms with Crippen LogP contribution < -0.4 is 91.6 Å². The summed E-state index contributed by atoms with van der Waals surface area (Å²) in [7, 11) is 0. The van der Waals surface area contributed by atoms with Gasteiger partial charge in [-0.15, -0.1) is 35.3 Å². The third-order valence-electron chi connectivity index (χ3n) is 23.8. The lowest BCUT2D eigenvalue weighted by molar-refractivity contribution is -0.147. The first-order chi connectivity index (χ1) is 70.1. The summed E-state index contributed by atoms with van der Waals surface area (Å²) in [6, 6.07) is -5.74. The molecule has 0 aromatic heterocycles. The second-order valence-electron chi connectivity index (χ2n) is 36.3. The van der Waals surface area contributed by atoms with Crippen molar-refractivity contribution in [2.24, 2.45) is 28.5 Å². The molecule has 0 aliphatic carbocycles. The molecule has 0 saturated carbocycles. The topological polar surface area (TPSA) is 778 Å². The Morgan fingerprint density at radius 3 is 1.36 bits per heavy atom. The summed E-state index contributed by atoms with van der Waals surface area (Å²) in [6.07, 6.45) is -8.56. The van der Waals surface area contributed by atoms with Crippen LogP contribution in [-0.2, 0) is 144 Å². The Hall–Kier alpha value is -14.4. The molecule has 0 spiro atoms. The van der Waals surface area contributed by atoms with E-state index in [2.05, 4.69) is 74.4 Å². The zero-order valence-corrected chi connectivity index (χ0v) is 84.2. The first-order valence-electron chi connectivity index (χ1n) is 47.2. The van der Waals surface area contributed by atoms with Gasteiger partial charge in [0.2, 0.25) is 112 Å². The van der Waals surface area contributed by atoms with Gasteiger partial charge in [-0.2, -0.15) is 0 Å². The van der Waals surface area contributed by atoms with E-state index in [-0.39, 0.29) is 101 Å². The van der Waals surface area contributed by atoms with E-state index in [1.54, 1.807) is 36.4 Å². The van der Waals surface area contributed by atoms with E-state index in [9.17, 15) is 97.5 Å². The van der Waals surface area contributed by atoms with Gasteiger partial charge in [0.15, 0.2) is 0 Å². The third-order valence-corrected chi connectivity index (χ3v) is 26.8. The lowest BCUT2D eigenvalue weighted by Crippen LogP contribution is -2.62. The number of fused-ring (bicyclic) bond motifs is 18. The van der Waals surface area contributed by atoms with Gasteiger partial charge in [0, 0.05) is 82.2 Å². The zero-order valence-electron chi connectivity index (χ0n) is 81.7. The number of hydrogen-bond donors (Lipinski definition) is 22. The van der Waals surface area contributed by atoms with Crippen LogP contribution >= 0.6 is 35.3 Å². The molecule has 19 amide bonds. The Kier molecular flexibility index (Phi) is 46.8. The van der Waals surface area contributed by atoms with Crippen molar-refractivity contribution in [2.75, 3.05) is 113 Å². The molecule has 25 N–H and O–H groups in total. The number of aromatic hydroxyl groups is 1. The van der Waals surface area contributed by atoms with Crippen LogP contribution in [0.25, 0.3) is 10.8 Å². The number of carboxylic acids is 4. The first kappa shape index (κ1) is 119. The second-order valence-corrected chi connectivity index (χ2v) is 39.4. The van der Waals surface area contributed by atoms with Crippen molar-refractivity contribution in [3.05, 3.63) is 114 Å². The first-order valence-corrected chi connectivity index (χ1v) is 50.6. The molecular formula is C94H126N20O31S3. The van der Waals surface area contributed by atoms with Gasteiger partial charge in [-0.3, -0.25) is 110 Å². The van der Waals surface area contributed by atoms with Gasteiger partial charge in [0.05, 0.1) is 88.1 Å². The normalized spacial score (nSPS) is 25.4. The molecule has 148 heavy (non-hydrogen) atoms. The smallest absolute Gasteiger partial charge is 0.309 e. The van der Waals surface area contributed by atoms with E-state index in [4.69, 9.17) is 31.4 Å². The third kappa shape index (κ3) is 38.5. The quantitative estimate of drug-likeness (QED) is 0.0415. The average molecular weight is 2130 g/mol. The molecule has 4 aliphatic rings. The van der Waals surface area contributed by atoms with Crippen molar-refractivity contribution in [2.45, 2.75) is 183 Å². The maximum Gasteiger partial charge on any atom is 0.309 e. The van der Waals surface area contributed by atoms with Crippen LogP contribution in [0.5, 0.6) is 5.75 Å². The van der Waals surface area contributed by atoms with Crippen LogP contribution in [0.1, 0.15) is 89.8 Å². The number of primary amides is 2. The molecule has 51 nitrogen and oxygen atoms in total. The fourth-order valence-corrected chi connectivity index (χ4v) is 18.5. The van der Waals surface area contributed by atoms with Crippen LogP contribution in [-0.4, -0.2) is 380 Å². The van der Waals surface area contributed by atoms with Crippen LogP contribution in [0, 0.1) is 11.3 Å². The Bertz CT molecular complexity index is 5470. The fourth-order valence-electron chi connectivity index (χ4n) is 15.6. The summed E-state index contributed by atoms with van der Waals surface area (Å²) in [5, 5.41) is 87.0. The summed E-state index contributed by atoms with van der Waals surface area (Å²) in [4.78, 5) is 335. The maximum atomic E-state index is 15.8. The number of phenols is 1. The van der Waals surface area contributed by atoms with E-state index < -0.39 is 330 Å². The minimum atomic E-state index is -2.54. The van der Waals surface area contributed by atoms with Crippen LogP contribution in [0.4, 0.5) is 0 Å². The maximum absolute atomic E-state index is 15.8. The van der Waals surface area contributed by atoms with Crippen molar-refractivity contribution in [1.82, 2.24) is 89.1 Å². The van der Waals surface area contributed by atoms with Gasteiger partial charge in [-0.25, -0.2) is 0 Å². The van der Waals surface area contributed by atoms with Crippen LogP contribution in [0.2, 0.25) is 0 Å². The predicted octanol–water partition coefficient (Wildman–Crippen LogP) is -7.17. The number of carbonyl (C=O) groups excluding carboxylic acids is 19. The second kappa shape index (κ2) is 58.3. The molecule has 4 heterocycles. The summed E-state index contributed by atoms with van der Waals surface area (Å²) >= 11 is 2.29. The van der Waals surface area contributed by atoms with Crippen molar-refractivity contribution >= 4 is 182 Å². The monoisotopic (exact) mass is 2130 g/mol. The number of nitrogens with zero attached hydrogens (tertiary/aromatic N) is 3. The highest BCUT2D eigenvalue weighted by atomic mass is 32.2. The SMILES string of the molecule is C[C@H](N)C(=O)N[C@H]1CSCC(=O)N2CCOCCN3CCOCCN(CCOCC2)C(=O)CSC[C@@H]2NC(=O)[C@H](NC(=O)[C@H](Cc4cccc5ccccc45)NC(=O)[C@H](CCC(=O)O)NC(=O)[C@H](CC(N)=O)NC(=O)[C@@H](C)NC1=O)C(C(=O)O)C[C@H](NC2=O)C(=O)N[C@@H](CC(=O)O)C(=O)N[C@@H](Cc1ccccc1)C(=O)N[C@@H](Cc1ccc(O)cc1)C(=O)N[C@@H](CC(=O)O)C(=O)N[C@@H](C(C)(C)C)C(=O)N[C@H](C(N)=O)CSCC3=O. The minimum absolute atomic E-state index is 0.174. The van der Waals surface area contributed by atoms with Crippen molar-refractivity contribution in [3.63, 3.8) is 0 Å². The zero-order chi connectivity index (χ0) is 109. The number of hydrogen-bond acceptors (Lipinski definition) is 31. The number of aliphatic carboxylic acids is 4. The summed E-state index contributed by atoms with van der Waals surface area (Å²) in [5.74, 6) is -35.7. The van der Waals surface area contributed by atoms with Crippen LogP contribution in [0.15, 0.2) is 97.1 Å². The van der Waals surface area contributed by atoms with Crippen molar-refractivity contribution < 1.29 is 150 Å². The van der Waals surface area contributed by atoms with Gasteiger partial charge < -0.3 is 146 Å². The highest BCUT2D eigenvalue weighted by molar-refractivity contribution is 8.00. The Balaban J connectivity index is 1.30. The van der Waals surface area contributed by atoms with Crippen molar-refractivity contribution in [1.29, 1.82) is 0 Å². The molecule has 4 saturated heterocycles. The van der Waals surface area contributed by atoms with E-state index in [0.29, 0.717) is 22.5 Å². The summed E-state index contributed by atoms with van der Waals surface area (Å²) in [5.41, 5.74) is 16.7. The molecule has 8 rings (SSSR count). The number of carbonyl (C=O) groups is 23. The molecule has 4 aliphatic heterocycles. The fraction of sp³-hybridized carbons (Fsp3) is 0.521. The van der Waals surface area contributed by atoms with E-state index >= 15 is 38.4 Å². The number of rotatable bonds is 19. The molecule has 16 atom stereocenters. The molecule has 54 heteroatoms. The largest absolute Gasteiger partial charge is 0.508 e.